The van der Waals surface area contributed by atoms with Gasteiger partial charge in [-0.15, -0.1) is 0 Å². The summed E-state index contributed by atoms with van der Waals surface area (Å²) in [5, 5.41) is 14.7. The van der Waals surface area contributed by atoms with Crippen molar-refractivity contribution >= 4 is 17.7 Å². The normalized spacial score (nSPS) is 19.6. The highest BCUT2D eigenvalue weighted by Gasteiger charge is 2.34. The molecule has 1 aliphatic rings. The Labute approximate surface area is 154 Å². The largest absolute Gasteiger partial charge is 0.486 e. The summed E-state index contributed by atoms with van der Waals surface area (Å²) >= 11 is 0. The van der Waals surface area contributed by atoms with E-state index in [9.17, 15) is 9.59 Å². The molecular weight excluding hydrogens is 334 g/mol. The summed E-state index contributed by atoms with van der Waals surface area (Å²) < 4.78 is 5.87. The molecule has 7 heteroatoms. The zero-order valence-corrected chi connectivity index (χ0v) is 15.9. The van der Waals surface area contributed by atoms with Crippen LogP contribution in [0.25, 0.3) is 0 Å². The van der Waals surface area contributed by atoms with Gasteiger partial charge >= 0.3 is 12.0 Å². The van der Waals surface area contributed by atoms with Crippen LogP contribution in [0.2, 0.25) is 0 Å². The molecular formula is C19H29N3O4. The molecule has 1 aromatic rings. The minimum absolute atomic E-state index is 0.0393. The zero-order chi connectivity index (χ0) is 19.3. The monoisotopic (exact) mass is 363 g/mol. The molecule has 0 unspecified atom stereocenters. The number of nitrogens with one attached hydrogen (secondary N) is 2. The molecule has 1 aliphatic carbocycles. The van der Waals surface area contributed by atoms with E-state index in [0.717, 1.165) is 12.8 Å². The molecule has 2 amide bonds. The third-order valence-corrected chi connectivity index (χ3v) is 4.26. The number of carbonyl (C=O) groups is 2. The fourth-order valence-corrected chi connectivity index (χ4v) is 3.01. The number of ether oxygens (including phenoxy) is 1. The Bertz CT molecular complexity index is 636. The highest BCUT2D eigenvalue weighted by molar-refractivity contribution is 5.91. The van der Waals surface area contributed by atoms with E-state index in [1.165, 1.54) is 0 Å². The van der Waals surface area contributed by atoms with E-state index >= 15 is 0 Å². The van der Waals surface area contributed by atoms with Crippen molar-refractivity contribution in [1.82, 2.24) is 10.2 Å². The van der Waals surface area contributed by atoms with Crippen LogP contribution in [0.4, 0.5) is 10.5 Å². The molecule has 144 valence electrons. The second-order valence-corrected chi connectivity index (χ2v) is 7.59. The molecule has 1 saturated carbocycles. The number of amides is 2. The molecule has 0 heterocycles. The third-order valence-electron chi connectivity index (χ3n) is 4.26. The molecule has 0 aliphatic heterocycles. The predicted octanol–water partition coefficient (Wildman–Crippen LogP) is 2.92. The number of anilines is 1. The Balaban J connectivity index is 1.85. The van der Waals surface area contributed by atoms with E-state index in [1.807, 2.05) is 50.8 Å². The highest BCUT2D eigenvalue weighted by Crippen LogP contribution is 2.28. The topological polar surface area (TPSA) is 90.9 Å². The number of likely N-dealkylation sites (N-methyl/N-ethyl adjacent to an activating group) is 1. The van der Waals surface area contributed by atoms with E-state index in [4.69, 9.17) is 9.84 Å². The number of nitrogens with zero attached hydrogens (tertiary/aromatic N) is 1. The molecule has 1 aromatic carbocycles. The van der Waals surface area contributed by atoms with E-state index in [0.29, 0.717) is 18.0 Å². The average molecular weight is 363 g/mol. The predicted molar refractivity (Wildman–Crippen MR) is 101 cm³/mol. The van der Waals surface area contributed by atoms with Crippen molar-refractivity contribution in [2.24, 2.45) is 0 Å². The molecule has 26 heavy (non-hydrogen) atoms. The summed E-state index contributed by atoms with van der Waals surface area (Å²) in [6, 6.07) is 7.32. The maximum Gasteiger partial charge on any atom is 0.319 e. The van der Waals surface area contributed by atoms with Gasteiger partial charge in [-0.1, -0.05) is 19.1 Å². The maximum absolute atomic E-state index is 12.3. The summed E-state index contributed by atoms with van der Waals surface area (Å²) in [5.41, 5.74) is 0.264. The van der Waals surface area contributed by atoms with Crippen LogP contribution in [0.3, 0.4) is 0 Å². The van der Waals surface area contributed by atoms with Crippen molar-refractivity contribution in [2.45, 2.75) is 58.2 Å². The van der Waals surface area contributed by atoms with Crippen LogP contribution in [-0.4, -0.2) is 52.8 Å². The summed E-state index contributed by atoms with van der Waals surface area (Å²) in [6.07, 6.45) is 1.52. The lowest BCUT2D eigenvalue weighted by molar-refractivity contribution is -0.139. The summed E-state index contributed by atoms with van der Waals surface area (Å²) in [4.78, 5) is 25.1. The molecule has 0 bridgehead atoms. The number of aliphatic carboxylic acids is 1. The van der Waals surface area contributed by atoms with Crippen molar-refractivity contribution in [3.63, 3.8) is 0 Å². The van der Waals surface area contributed by atoms with Crippen LogP contribution < -0.4 is 15.4 Å². The number of hydrogen-bond acceptors (Lipinski definition) is 4. The Hall–Kier alpha value is -2.28. The first-order valence-electron chi connectivity index (χ1n) is 8.99. The molecule has 2 rings (SSSR count). The smallest absolute Gasteiger partial charge is 0.319 e. The second-order valence-electron chi connectivity index (χ2n) is 7.59. The summed E-state index contributed by atoms with van der Waals surface area (Å²) in [7, 11) is 0. The molecule has 0 spiro atoms. The maximum atomic E-state index is 12.3. The fourth-order valence-electron chi connectivity index (χ4n) is 3.01. The van der Waals surface area contributed by atoms with Gasteiger partial charge in [-0.3, -0.25) is 9.69 Å². The zero-order valence-electron chi connectivity index (χ0n) is 15.9. The number of hydrogen-bond donors (Lipinski definition) is 3. The molecule has 0 radical (unpaired) electrons. The van der Waals surface area contributed by atoms with E-state index in [1.54, 1.807) is 6.07 Å². The number of benzene rings is 1. The number of urea groups is 1. The molecule has 3 N–H and O–H groups in total. The van der Waals surface area contributed by atoms with Gasteiger partial charge < -0.3 is 20.5 Å². The van der Waals surface area contributed by atoms with Crippen LogP contribution >= 0.6 is 0 Å². The van der Waals surface area contributed by atoms with Gasteiger partial charge in [0.05, 0.1) is 12.2 Å². The Morgan fingerprint density at radius 3 is 2.50 bits per heavy atom. The van der Waals surface area contributed by atoms with E-state index < -0.39 is 5.97 Å². The second kappa shape index (κ2) is 8.40. The summed E-state index contributed by atoms with van der Waals surface area (Å²) in [6.45, 7) is 8.53. The quantitative estimate of drug-likeness (QED) is 0.693. The van der Waals surface area contributed by atoms with Crippen molar-refractivity contribution in [1.29, 1.82) is 0 Å². The first-order valence-corrected chi connectivity index (χ1v) is 8.99. The van der Waals surface area contributed by atoms with Gasteiger partial charge in [0.15, 0.2) is 0 Å². The molecule has 0 atom stereocenters. The van der Waals surface area contributed by atoms with Crippen molar-refractivity contribution < 1.29 is 19.4 Å². The fraction of sp³-hybridized carbons (Fsp3) is 0.579. The van der Waals surface area contributed by atoms with Crippen LogP contribution in [-0.2, 0) is 4.79 Å². The number of para-hydroxylation sites is 2. The van der Waals surface area contributed by atoms with Crippen LogP contribution in [0, 0.1) is 0 Å². The lowest BCUT2D eigenvalue weighted by Gasteiger charge is -2.42. The lowest BCUT2D eigenvalue weighted by atomic mass is 9.85. The average Bonchev–Trinajstić information content (AvgIpc) is 2.49. The third kappa shape index (κ3) is 5.91. The van der Waals surface area contributed by atoms with Crippen LogP contribution in [0.1, 0.15) is 40.5 Å². The first kappa shape index (κ1) is 20.0. The number of carboxylic acid groups (broad SMARTS) is 1. The first-order chi connectivity index (χ1) is 12.2. The van der Waals surface area contributed by atoms with Gasteiger partial charge in [-0.05, 0) is 52.3 Å². The molecule has 0 saturated heterocycles. The lowest BCUT2D eigenvalue weighted by Crippen LogP contribution is -2.55. The Morgan fingerprint density at radius 2 is 1.92 bits per heavy atom. The number of rotatable bonds is 7. The summed E-state index contributed by atoms with van der Waals surface area (Å²) in [5.74, 6) is -0.197. The molecule has 0 aromatic heterocycles. The minimum atomic E-state index is -0.823. The van der Waals surface area contributed by atoms with Crippen molar-refractivity contribution in [3.05, 3.63) is 24.3 Å². The van der Waals surface area contributed by atoms with Gasteiger partial charge in [-0.25, -0.2) is 4.79 Å². The van der Waals surface area contributed by atoms with E-state index in [2.05, 4.69) is 10.6 Å². The Morgan fingerprint density at radius 1 is 1.27 bits per heavy atom. The highest BCUT2D eigenvalue weighted by atomic mass is 16.5. The number of carbonyl (C=O) groups excluding carboxylic acids is 1. The molecule has 7 nitrogen and oxygen atoms in total. The van der Waals surface area contributed by atoms with Crippen LogP contribution in [0.15, 0.2) is 24.3 Å². The minimum Gasteiger partial charge on any atom is -0.486 e. The van der Waals surface area contributed by atoms with Crippen LogP contribution in [0.5, 0.6) is 5.75 Å². The van der Waals surface area contributed by atoms with Gasteiger partial charge in [0.1, 0.15) is 11.4 Å². The van der Waals surface area contributed by atoms with Gasteiger partial charge in [0, 0.05) is 12.1 Å². The Kier molecular flexibility index (Phi) is 6.47. The van der Waals surface area contributed by atoms with Crippen molar-refractivity contribution in [3.8, 4) is 5.75 Å². The van der Waals surface area contributed by atoms with Gasteiger partial charge in [0.2, 0.25) is 0 Å². The van der Waals surface area contributed by atoms with Gasteiger partial charge in [-0.2, -0.15) is 0 Å². The van der Waals surface area contributed by atoms with Gasteiger partial charge in [0.25, 0.3) is 0 Å². The van der Waals surface area contributed by atoms with E-state index in [-0.39, 0.29) is 30.3 Å². The standard InChI is InChI=1S/C19H29N3O4/c1-5-22(12-17(23)24)14-10-13(11-14)20-18(25)21-15-8-6-7-9-16(15)26-19(2,3)4/h6-9,13-14H,5,10-12H2,1-4H3,(H,23,24)(H2,20,21,25). The molecule has 1 fully saturated rings. The number of carboxylic acids is 1. The van der Waals surface area contributed by atoms with Crippen molar-refractivity contribution in [2.75, 3.05) is 18.4 Å². The SMILES string of the molecule is CCN(CC(=O)O)C1CC(NC(=O)Nc2ccccc2OC(C)(C)C)C1.